The monoisotopic (exact) mass is 329 g/mol. The molecule has 1 aliphatic rings. The van der Waals surface area contributed by atoms with E-state index in [4.69, 9.17) is 16.4 Å². The second kappa shape index (κ2) is 5.85. The van der Waals surface area contributed by atoms with Crippen molar-refractivity contribution >= 4 is 29.4 Å². The number of carbonyl (C=O) groups is 3. The van der Waals surface area contributed by atoms with E-state index in [1.165, 1.54) is 12.1 Å². The first-order chi connectivity index (χ1) is 11.0. The molecule has 6 heteroatoms. The Hall–Kier alpha value is -2.66. The molecule has 0 aromatic heterocycles. The average molecular weight is 330 g/mol. The van der Waals surface area contributed by atoms with Crippen LogP contribution in [0.15, 0.2) is 42.5 Å². The molecule has 1 heterocycles. The van der Waals surface area contributed by atoms with E-state index >= 15 is 0 Å². The van der Waals surface area contributed by atoms with Gasteiger partial charge in [-0.25, -0.2) is 4.79 Å². The molecule has 23 heavy (non-hydrogen) atoms. The van der Waals surface area contributed by atoms with Crippen molar-refractivity contribution in [1.82, 2.24) is 5.06 Å². The first kappa shape index (κ1) is 15.2. The minimum atomic E-state index is -0.731. The SMILES string of the molecule is Cc1ccc(CC(=O)ON2C(=O)c3ccccc3C2=O)c(Cl)c1. The van der Waals surface area contributed by atoms with Crippen LogP contribution in [0.1, 0.15) is 31.8 Å². The minimum Gasteiger partial charge on any atom is -0.329 e. The Morgan fingerprint density at radius 1 is 1.09 bits per heavy atom. The van der Waals surface area contributed by atoms with Gasteiger partial charge in [-0.3, -0.25) is 9.59 Å². The van der Waals surface area contributed by atoms with Gasteiger partial charge in [-0.1, -0.05) is 40.9 Å². The number of nitrogens with zero attached hydrogens (tertiary/aromatic N) is 1. The van der Waals surface area contributed by atoms with E-state index in [9.17, 15) is 14.4 Å². The van der Waals surface area contributed by atoms with Crippen molar-refractivity contribution in [2.24, 2.45) is 0 Å². The van der Waals surface area contributed by atoms with Crippen LogP contribution in [0.4, 0.5) is 0 Å². The second-order valence-electron chi connectivity index (χ2n) is 5.19. The zero-order valence-corrected chi connectivity index (χ0v) is 13.0. The maximum absolute atomic E-state index is 12.1. The van der Waals surface area contributed by atoms with E-state index in [0.29, 0.717) is 15.6 Å². The summed E-state index contributed by atoms with van der Waals surface area (Å²) in [6.45, 7) is 1.88. The van der Waals surface area contributed by atoms with Gasteiger partial charge in [-0.05, 0) is 36.2 Å². The number of hydrogen-bond acceptors (Lipinski definition) is 4. The Morgan fingerprint density at radius 3 is 2.26 bits per heavy atom. The van der Waals surface area contributed by atoms with Crippen LogP contribution in [0.2, 0.25) is 5.02 Å². The number of fused-ring (bicyclic) bond motifs is 1. The van der Waals surface area contributed by atoms with Gasteiger partial charge in [0, 0.05) is 5.02 Å². The van der Waals surface area contributed by atoms with Crippen molar-refractivity contribution in [2.75, 3.05) is 0 Å². The molecular weight excluding hydrogens is 318 g/mol. The summed E-state index contributed by atoms with van der Waals surface area (Å²) in [6, 6.07) is 11.6. The minimum absolute atomic E-state index is 0.132. The second-order valence-corrected chi connectivity index (χ2v) is 5.59. The zero-order valence-electron chi connectivity index (χ0n) is 12.2. The molecule has 0 fully saturated rings. The quantitative estimate of drug-likeness (QED) is 0.812. The number of imide groups is 1. The van der Waals surface area contributed by atoms with Crippen molar-refractivity contribution in [2.45, 2.75) is 13.3 Å². The van der Waals surface area contributed by atoms with Gasteiger partial charge in [0.1, 0.15) is 0 Å². The van der Waals surface area contributed by atoms with Crippen LogP contribution in [0.5, 0.6) is 0 Å². The van der Waals surface area contributed by atoms with E-state index in [1.807, 2.05) is 13.0 Å². The topological polar surface area (TPSA) is 63.7 Å². The summed E-state index contributed by atoms with van der Waals surface area (Å²) in [5.74, 6) is -2.02. The van der Waals surface area contributed by atoms with Crippen LogP contribution in [-0.4, -0.2) is 22.8 Å². The van der Waals surface area contributed by atoms with Crippen molar-refractivity contribution in [3.63, 3.8) is 0 Å². The lowest BCUT2D eigenvalue weighted by Gasteiger charge is -2.13. The Kier molecular flexibility index (Phi) is 3.88. The maximum atomic E-state index is 12.1. The molecule has 0 spiro atoms. The maximum Gasteiger partial charge on any atom is 0.337 e. The van der Waals surface area contributed by atoms with Crippen LogP contribution < -0.4 is 0 Å². The predicted octanol–water partition coefficient (Wildman–Crippen LogP) is 2.95. The highest BCUT2D eigenvalue weighted by Crippen LogP contribution is 2.24. The summed E-state index contributed by atoms with van der Waals surface area (Å²) in [4.78, 5) is 41.2. The molecule has 0 saturated heterocycles. The van der Waals surface area contributed by atoms with Gasteiger partial charge in [0.2, 0.25) is 0 Å². The highest BCUT2D eigenvalue weighted by atomic mass is 35.5. The smallest absolute Gasteiger partial charge is 0.329 e. The van der Waals surface area contributed by atoms with E-state index < -0.39 is 17.8 Å². The fourth-order valence-electron chi connectivity index (χ4n) is 2.34. The van der Waals surface area contributed by atoms with Crippen molar-refractivity contribution in [3.8, 4) is 0 Å². The number of hydrogen-bond donors (Lipinski definition) is 0. The molecule has 2 aromatic carbocycles. The molecule has 0 N–H and O–H groups in total. The Balaban J connectivity index is 1.74. The number of hydroxylamine groups is 2. The normalized spacial score (nSPS) is 13.2. The first-order valence-corrected chi connectivity index (χ1v) is 7.29. The van der Waals surface area contributed by atoms with E-state index in [-0.39, 0.29) is 17.5 Å². The van der Waals surface area contributed by atoms with Crippen LogP contribution in [0.25, 0.3) is 0 Å². The zero-order chi connectivity index (χ0) is 16.6. The van der Waals surface area contributed by atoms with Gasteiger partial charge in [-0.15, -0.1) is 0 Å². The van der Waals surface area contributed by atoms with Crippen LogP contribution >= 0.6 is 11.6 Å². The Labute approximate surface area is 137 Å². The van der Waals surface area contributed by atoms with Crippen molar-refractivity contribution in [1.29, 1.82) is 0 Å². The molecule has 0 atom stereocenters. The molecule has 3 rings (SSSR count). The number of halogens is 1. The lowest BCUT2D eigenvalue weighted by Crippen LogP contribution is -2.33. The fourth-order valence-corrected chi connectivity index (χ4v) is 2.64. The highest BCUT2D eigenvalue weighted by molar-refractivity contribution is 6.31. The van der Waals surface area contributed by atoms with E-state index in [1.54, 1.807) is 24.3 Å². The lowest BCUT2D eigenvalue weighted by molar-refractivity contribution is -0.167. The van der Waals surface area contributed by atoms with Crippen molar-refractivity contribution < 1.29 is 19.2 Å². The lowest BCUT2D eigenvalue weighted by atomic mass is 10.1. The average Bonchev–Trinajstić information content (AvgIpc) is 2.76. The van der Waals surface area contributed by atoms with E-state index in [0.717, 1.165) is 5.56 Å². The molecule has 0 saturated carbocycles. The molecule has 0 radical (unpaired) electrons. The number of amides is 2. The summed E-state index contributed by atoms with van der Waals surface area (Å²) in [7, 11) is 0. The molecule has 116 valence electrons. The van der Waals surface area contributed by atoms with E-state index in [2.05, 4.69) is 0 Å². The molecule has 0 bridgehead atoms. The van der Waals surface area contributed by atoms with Gasteiger partial charge in [0.05, 0.1) is 17.5 Å². The summed E-state index contributed by atoms with van der Waals surface area (Å²) in [5, 5.41) is 0.930. The molecular formula is C17H12ClNO4. The third-order valence-electron chi connectivity index (χ3n) is 3.49. The Morgan fingerprint density at radius 2 is 1.70 bits per heavy atom. The van der Waals surface area contributed by atoms with Gasteiger partial charge in [0.25, 0.3) is 11.8 Å². The van der Waals surface area contributed by atoms with Gasteiger partial charge >= 0.3 is 5.97 Å². The fraction of sp³-hybridized carbons (Fsp3) is 0.118. The molecule has 1 aliphatic heterocycles. The molecule has 2 amide bonds. The third-order valence-corrected chi connectivity index (χ3v) is 3.85. The summed E-state index contributed by atoms with van der Waals surface area (Å²) >= 11 is 6.07. The number of aryl methyl sites for hydroxylation is 1. The summed E-state index contributed by atoms with van der Waals surface area (Å²) in [6.07, 6.45) is -0.132. The van der Waals surface area contributed by atoms with Crippen molar-refractivity contribution in [3.05, 3.63) is 69.7 Å². The van der Waals surface area contributed by atoms with Gasteiger partial charge < -0.3 is 4.84 Å². The molecule has 0 aliphatic carbocycles. The summed E-state index contributed by atoms with van der Waals surface area (Å²) in [5.41, 5.74) is 1.98. The Bertz CT molecular complexity index is 796. The standard InChI is InChI=1S/C17H12ClNO4/c1-10-6-7-11(14(18)8-10)9-15(20)23-19-16(21)12-4-2-3-5-13(12)17(19)22/h2-8H,9H2,1H3. The molecule has 5 nitrogen and oxygen atoms in total. The predicted molar refractivity (Wildman–Crippen MR) is 82.9 cm³/mol. The first-order valence-electron chi connectivity index (χ1n) is 6.91. The number of carbonyl (C=O) groups excluding carboxylic acids is 3. The molecule has 0 unspecified atom stereocenters. The number of benzene rings is 2. The van der Waals surface area contributed by atoms with Crippen LogP contribution in [0.3, 0.4) is 0 Å². The highest BCUT2D eigenvalue weighted by Gasteiger charge is 2.38. The van der Waals surface area contributed by atoms with Crippen LogP contribution in [-0.2, 0) is 16.1 Å². The number of rotatable bonds is 3. The molecule has 2 aromatic rings. The summed E-state index contributed by atoms with van der Waals surface area (Å²) < 4.78 is 0. The van der Waals surface area contributed by atoms with Crippen LogP contribution in [0, 0.1) is 6.92 Å². The third kappa shape index (κ3) is 2.83. The van der Waals surface area contributed by atoms with Gasteiger partial charge in [-0.2, -0.15) is 0 Å². The van der Waals surface area contributed by atoms with Gasteiger partial charge in [0.15, 0.2) is 0 Å². The largest absolute Gasteiger partial charge is 0.337 e.